The van der Waals surface area contributed by atoms with Crippen LogP contribution in [-0.2, 0) is 14.3 Å². The van der Waals surface area contributed by atoms with Crippen molar-refractivity contribution in [3.05, 3.63) is 29.3 Å². The molecule has 0 radical (unpaired) electrons. The minimum Gasteiger partial charge on any atom is -0.496 e. The first-order valence-electron chi connectivity index (χ1n) is 9.04. The van der Waals surface area contributed by atoms with Gasteiger partial charge in [0.05, 0.1) is 20.3 Å². The summed E-state index contributed by atoms with van der Waals surface area (Å²) in [5, 5.41) is 3.00. The number of aryl methyl sites for hydroxylation is 1. The van der Waals surface area contributed by atoms with Crippen molar-refractivity contribution in [1.82, 2.24) is 5.32 Å². The van der Waals surface area contributed by atoms with E-state index >= 15 is 0 Å². The van der Waals surface area contributed by atoms with Gasteiger partial charge in [-0.2, -0.15) is 0 Å². The Balaban J connectivity index is 1.92. The van der Waals surface area contributed by atoms with Gasteiger partial charge < -0.3 is 19.5 Å². The first-order valence-corrected chi connectivity index (χ1v) is 9.04. The van der Waals surface area contributed by atoms with Gasteiger partial charge in [0, 0.05) is 19.4 Å². The predicted octanol–water partition coefficient (Wildman–Crippen LogP) is 3.40. The van der Waals surface area contributed by atoms with E-state index in [4.69, 9.17) is 14.2 Å². The Labute approximate surface area is 151 Å². The Hall–Kier alpha value is -1.59. The van der Waals surface area contributed by atoms with Crippen LogP contribution in [0.15, 0.2) is 18.2 Å². The zero-order chi connectivity index (χ0) is 18.4. The fourth-order valence-corrected chi connectivity index (χ4v) is 3.27. The smallest absolute Gasteiger partial charge is 0.220 e. The van der Waals surface area contributed by atoms with Gasteiger partial charge in [-0.1, -0.05) is 26.0 Å². The van der Waals surface area contributed by atoms with Crippen LogP contribution in [0, 0.1) is 12.8 Å². The highest BCUT2D eigenvalue weighted by Crippen LogP contribution is 2.31. The summed E-state index contributed by atoms with van der Waals surface area (Å²) in [7, 11) is 1.67. The summed E-state index contributed by atoms with van der Waals surface area (Å²) < 4.78 is 16.5. The maximum atomic E-state index is 12.4. The van der Waals surface area contributed by atoms with Gasteiger partial charge in [-0.25, -0.2) is 0 Å². The van der Waals surface area contributed by atoms with Crippen molar-refractivity contribution in [1.29, 1.82) is 0 Å². The molecule has 1 amide bonds. The molecular formula is C20H31NO4. The average molecular weight is 349 g/mol. The van der Waals surface area contributed by atoms with E-state index < -0.39 is 5.79 Å². The van der Waals surface area contributed by atoms with Gasteiger partial charge >= 0.3 is 0 Å². The molecule has 0 aromatic heterocycles. The van der Waals surface area contributed by atoms with Crippen molar-refractivity contribution in [2.24, 2.45) is 5.92 Å². The van der Waals surface area contributed by atoms with Crippen LogP contribution in [-0.4, -0.2) is 38.6 Å². The molecule has 1 saturated heterocycles. The number of rotatable bonds is 8. The van der Waals surface area contributed by atoms with Crippen LogP contribution >= 0.6 is 0 Å². The van der Waals surface area contributed by atoms with Crippen LogP contribution in [0.5, 0.6) is 5.75 Å². The van der Waals surface area contributed by atoms with Crippen LogP contribution in [0.25, 0.3) is 0 Å². The van der Waals surface area contributed by atoms with Gasteiger partial charge in [-0.3, -0.25) is 4.79 Å². The SMILES string of the molecule is COc1ccc(C(CC(=O)NCCC2(C)OCCO2)C(C)C)cc1C. The number of amides is 1. The number of ether oxygens (including phenoxy) is 3. The van der Waals surface area contributed by atoms with Crippen LogP contribution in [0.2, 0.25) is 0 Å². The minimum absolute atomic E-state index is 0.0637. The number of methoxy groups -OCH3 is 1. The zero-order valence-corrected chi connectivity index (χ0v) is 16.1. The van der Waals surface area contributed by atoms with E-state index in [1.165, 1.54) is 5.56 Å². The predicted molar refractivity (Wildman–Crippen MR) is 97.9 cm³/mol. The second-order valence-electron chi connectivity index (χ2n) is 7.21. The summed E-state index contributed by atoms with van der Waals surface area (Å²) in [6, 6.07) is 6.16. The van der Waals surface area contributed by atoms with Gasteiger partial charge in [-0.15, -0.1) is 0 Å². The quantitative estimate of drug-likeness (QED) is 0.781. The topological polar surface area (TPSA) is 56.8 Å². The Morgan fingerprint density at radius 3 is 2.56 bits per heavy atom. The number of hydrogen-bond donors (Lipinski definition) is 1. The monoisotopic (exact) mass is 349 g/mol. The molecule has 1 heterocycles. The molecular weight excluding hydrogens is 318 g/mol. The van der Waals surface area contributed by atoms with Crippen LogP contribution in [0.4, 0.5) is 0 Å². The molecule has 1 unspecified atom stereocenters. The van der Waals surface area contributed by atoms with E-state index in [-0.39, 0.29) is 11.8 Å². The lowest BCUT2D eigenvalue weighted by Crippen LogP contribution is -2.34. The van der Waals surface area contributed by atoms with Gasteiger partial charge in [0.25, 0.3) is 0 Å². The lowest BCUT2D eigenvalue weighted by molar-refractivity contribution is -0.146. The fourth-order valence-electron chi connectivity index (χ4n) is 3.27. The third-order valence-corrected chi connectivity index (χ3v) is 4.86. The lowest BCUT2D eigenvalue weighted by atomic mass is 9.85. The summed E-state index contributed by atoms with van der Waals surface area (Å²) in [5.74, 6) is 0.934. The van der Waals surface area contributed by atoms with E-state index in [1.54, 1.807) is 7.11 Å². The Morgan fingerprint density at radius 1 is 1.32 bits per heavy atom. The molecule has 1 aromatic carbocycles. The fraction of sp³-hybridized carbons (Fsp3) is 0.650. The zero-order valence-electron chi connectivity index (χ0n) is 16.1. The van der Waals surface area contributed by atoms with Gasteiger partial charge in [0.1, 0.15) is 5.75 Å². The van der Waals surface area contributed by atoms with Gasteiger partial charge in [0.15, 0.2) is 5.79 Å². The molecule has 0 aliphatic carbocycles. The molecule has 140 valence electrons. The van der Waals surface area contributed by atoms with Crippen LogP contribution in [0.1, 0.15) is 50.7 Å². The van der Waals surface area contributed by atoms with E-state index in [9.17, 15) is 4.79 Å². The van der Waals surface area contributed by atoms with Crippen molar-refractivity contribution >= 4 is 5.91 Å². The third kappa shape index (κ3) is 5.44. The highest BCUT2D eigenvalue weighted by molar-refractivity contribution is 5.77. The summed E-state index contributed by atoms with van der Waals surface area (Å²) in [4.78, 5) is 12.4. The van der Waals surface area contributed by atoms with E-state index in [0.717, 1.165) is 11.3 Å². The maximum Gasteiger partial charge on any atom is 0.220 e. The first-order chi connectivity index (χ1) is 11.8. The molecule has 1 fully saturated rings. The Bertz CT molecular complexity index is 579. The number of carbonyl (C=O) groups is 1. The molecule has 1 aliphatic heterocycles. The molecule has 1 atom stereocenters. The first kappa shape index (κ1) is 19.7. The second kappa shape index (κ2) is 8.68. The minimum atomic E-state index is -0.558. The highest BCUT2D eigenvalue weighted by atomic mass is 16.7. The highest BCUT2D eigenvalue weighted by Gasteiger charge is 2.30. The van der Waals surface area contributed by atoms with Crippen molar-refractivity contribution in [2.75, 3.05) is 26.9 Å². The summed E-state index contributed by atoms with van der Waals surface area (Å²) in [6.45, 7) is 10.1. The Kier molecular flexibility index (Phi) is 6.85. The van der Waals surface area contributed by atoms with Crippen molar-refractivity contribution in [2.45, 2.75) is 52.2 Å². The van der Waals surface area contributed by atoms with Gasteiger partial charge in [0.2, 0.25) is 5.91 Å². The number of benzene rings is 1. The summed E-state index contributed by atoms with van der Waals surface area (Å²) in [5.41, 5.74) is 2.27. The molecule has 0 spiro atoms. The van der Waals surface area contributed by atoms with E-state index in [1.807, 2.05) is 19.9 Å². The molecule has 5 nitrogen and oxygen atoms in total. The molecule has 1 aliphatic rings. The number of hydrogen-bond acceptors (Lipinski definition) is 4. The molecule has 1 aromatic rings. The van der Waals surface area contributed by atoms with Crippen LogP contribution in [0.3, 0.4) is 0 Å². The van der Waals surface area contributed by atoms with E-state index in [2.05, 4.69) is 31.3 Å². The van der Waals surface area contributed by atoms with E-state index in [0.29, 0.717) is 38.5 Å². The van der Waals surface area contributed by atoms with Crippen molar-refractivity contribution in [3.63, 3.8) is 0 Å². The summed E-state index contributed by atoms with van der Waals surface area (Å²) >= 11 is 0. The van der Waals surface area contributed by atoms with Crippen molar-refractivity contribution < 1.29 is 19.0 Å². The lowest BCUT2D eigenvalue weighted by Gasteiger charge is -2.24. The molecule has 5 heteroatoms. The van der Waals surface area contributed by atoms with Crippen LogP contribution < -0.4 is 10.1 Å². The Morgan fingerprint density at radius 2 is 2.00 bits per heavy atom. The normalized spacial score (nSPS) is 17.5. The molecule has 1 N–H and O–H groups in total. The third-order valence-electron chi connectivity index (χ3n) is 4.86. The molecule has 0 bridgehead atoms. The summed E-state index contributed by atoms with van der Waals surface area (Å²) in [6.07, 6.45) is 1.13. The maximum absolute atomic E-state index is 12.4. The standard InChI is InChI=1S/C20H31NO4/c1-14(2)17(16-6-7-18(23-5)15(3)12-16)13-19(22)21-9-8-20(4)24-10-11-25-20/h6-7,12,14,17H,8-11,13H2,1-5H3,(H,21,22). The molecule has 0 saturated carbocycles. The largest absolute Gasteiger partial charge is 0.496 e. The van der Waals surface area contributed by atoms with Gasteiger partial charge in [-0.05, 0) is 42.9 Å². The van der Waals surface area contributed by atoms with Crippen molar-refractivity contribution in [3.8, 4) is 5.75 Å². The number of carbonyl (C=O) groups excluding carboxylic acids is 1. The number of nitrogens with one attached hydrogen (secondary N) is 1. The average Bonchev–Trinajstić information content (AvgIpc) is 2.99. The molecule has 25 heavy (non-hydrogen) atoms. The molecule has 2 rings (SSSR count). The second-order valence-corrected chi connectivity index (χ2v) is 7.21.